The average molecular weight is 290 g/mol. The van der Waals surface area contributed by atoms with E-state index < -0.39 is 5.97 Å². The second kappa shape index (κ2) is 5.40. The Kier molecular flexibility index (Phi) is 3.61. The Bertz CT molecular complexity index is 630. The normalized spacial score (nSPS) is 16.8. The maximum atomic E-state index is 11.0. The minimum atomic E-state index is -0.665. The molecule has 0 spiro atoms. The highest BCUT2D eigenvalue weighted by Gasteiger charge is 2.25. The van der Waals surface area contributed by atoms with Crippen molar-refractivity contribution in [3.05, 3.63) is 23.8 Å². The second-order valence-corrected chi connectivity index (χ2v) is 6.26. The van der Waals surface area contributed by atoms with Crippen LogP contribution in [0.4, 0.5) is 5.13 Å². The van der Waals surface area contributed by atoms with Crippen LogP contribution in [0.2, 0.25) is 0 Å². The summed E-state index contributed by atoms with van der Waals surface area (Å²) in [5, 5.41) is 10.1. The number of fused-ring (bicyclic) bond motifs is 1. The van der Waals surface area contributed by atoms with Gasteiger partial charge in [0.05, 0.1) is 16.1 Å². The number of thiazole rings is 1. The number of hydrogen-bond donors (Lipinski definition) is 1. The predicted octanol–water partition coefficient (Wildman–Crippen LogP) is 3.16. The Morgan fingerprint density at radius 1 is 1.45 bits per heavy atom. The summed E-state index contributed by atoms with van der Waals surface area (Å²) in [4.78, 5) is 17.9. The quantitative estimate of drug-likeness (QED) is 0.943. The number of piperidine rings is 1. The minimum absolute atomic E-state index is 0.188. The summed E-state index contributed by atoms with van der Waals surface area (Å²) in [7, 11) is 0. The molecule has 2 aromatic rings. The lowest BCUT2D eigenvalue weighted by molar-refractivity contribution is -0.142. The van der Waals surface area contributed by atoms with Crippen molar-refractivity contribution in [1.29, 1.82) is 0 Å². The highest BCUT2D eigenvalue weighted by atomic mass is 32.1. The largest absolute Gasteiger partial charge is 0.481 e. The molecule has 0 radical (unpaired) electrons. The Morgan fingerprint density at radius 2 is 2.20 bits per heavy atom. The third-order valence-electron chi connectivity index (χ3n) is 3.96. The van der Waals surface area contributed by atoms with Gasteiger partial charge >= 0.3 is 5.97 Å². The van der Waals surface area contributed by atoms with Crippen molar-refractivity contribution in [3.63, 3.8) is 0 Å². The van der Waals surface area contributed by atoms with E-state index in [2.05, 4.69) is 35.0 Å². The predicted molar refractivity (Wildman–Crippen MR) is 81.6 cm³/mol. The van der Waals surface area contributed by atoms with E-state index in [0.717, 1.165) is 30.2 Å². The van der Waals surface area contributed by atoms with Gasteiger partial charge in [-0.1, -0.05) is 24.3 Å². The molecular weight excluding hydrogens is 272 g/mol. The number of aliphatic carboxylic acids is 1. The molecule has 1 aromatic carbocycles. The minimum Gasteiger partial charge on any atom is -0.481 e. The van der Waals surface area contributed by atoms with Crippen LogP contribution in [0.1, 0.15) is 25.3 Å². The molecule has 1 fully saturated rings. The van der Waals surface area contributed by atoms with Crippen molar-refractivity contribution in [2.45, 2.75) is 26.2 Å². The molecule has 0 unspecified atom stereocenters. The van der Waals surface area contributed by atoms with Crippen LogP contribution in [-0.4, -0.2) is 29.1 Å². The van der Waals surface area contributed by atoms with E-state index in [0.29, 0.717) is 12.8 Å². The molecule has 0 saturated carbocycles. The summed E-state index contributed by atoms with van der Waals surface area (Å²) < 4.78 is 1.22. The van der Waals surface area contributed by atoms with Crippen molar-refractivity contribution in [3.8, 4) is 0 Å². The number of nitrogens with zero attached hydrogens (tertiary/aromatic N) is 2. The van der Waals surface area contributed by atoms with Crippen LogP contribution < -0.4 is 4.90 Å². The molecule has 5 heteroatoms. The number of benzene rings is 1. The molecule has 1 saturated heterocycles. The summed E-state index contributed by atoms with van der Waals surface area (Å²) in [6.45, 7) is 3.73. The van der Waals surface area contributed by atoms with Gasteiger partial charge in [-0.3, -0.25) is 4.79 Å². The first-order chi connectivity index (χ1) is 9.67. The van der Waals surface area contributed by atoms with Gasteiger partial charge in [0.1, 0.15) is 0 Å². The first-order valence-corrected chi connectivity index (χ1v) is 7.86. The third kappa shape index (κ3) is 2.50. The lowest BCUT2D eigenvalue weighted by Gasteiger charge is -2.29. The third-order valence-corrected chi connectivity index (χ3v) is 5.04. The summed E-state index contributed by atoms with van der Waals surface area (Å²) in [5.41, 5.74) is 2.37. The molecule has 106 valence electrons. The van der Waals surface area contributed by atoms with Crippen LogP contribution in [0.3, 0.4) is 0 Å². The molecule has 1 aromatic heterocycles. The lowest BCUT2D eigenvalue weighted by Crippen LogP contribution is -2.36. The van der Waals surface area contributed by atoms with E-state index in [9.17, 15) is 4.79 Å². The average Bonchev–Trinajstić information content (AvgIpc) is 2.90. The van der Waals surface area contributed by atoms with Crippen LogP contribution in [0.25, 0.3) is 10.2 Å². The number of carboxylic acids is 1. The highest BCUT2D eigenvalue weighted by Crippen LogP contribution is 2.32. The summed E-state index contributed by atoms with van der Waals surface area (Å²) in [6, 6.07) is 6.42. The molecule has 4 nitrogen and oxygen atoms in total. The topological polar surface area (TPSA) is 53.4 Å². The van der Waals surface area contributed by atoms with Crippen LogP contribution in [0.5, 0.6) is 0 Å². The molecule has 0 atom stereocenters. The van der Waals surface area contributed by atoms with Crippen LogP contribution in [0.15, 0.2) is 18.2 Å². The first-order valence-electron chi connectivity index (χ1n) is 7.04. The van der Waals surface area contributed by atoms with E-state index in [1.165, 1.54) is 10.3 Å². The zero-order chi connectivity index (χ0) is 14.1. The highest BCUT2D eigenvalue weighted by molar-refractivity contribution is 7.22. The number of aryl methyl sites for hydroxylation is 1. The zero-order valence-electron chi connectivity index (χ0n) is 11.5. The lowest BCUT2D eigenvalue weighted by atomic mass is 9.98. The Hall–Kier alpha value is -1.62. The van der Waals surface area contributed by atoms with Crippen LogP contribution in [-0.2, 0) is 11.2 Å². The molecule has 1 aliphatic heterocycles. The maximum Gasteiger partial charge on any atom is 0.306 e. The van der Waals surface area contributed by atoms with Gasteiger partial charge in [-0.15, -0.1) is 0 Å². The van der Waals surface area contributed by atoms with Gasteiger partial charge in [0.2, 0.25) is 0 Å². The Labute approximate surface area is 122 Å². The van der Waals surface area contributed by atoms with Crippen molar-refractivity contribution < 1.29 is 9.90 Å². The van der Waals surface area contributed by atoms with Gasteiger partial charge in [-0.25, -0.2) is 4.98 Å². The van der Waals surface area contributed by atoms with Gasteiger partial charge in [-0.05, 0) is 37.0 Å². The van der Waals surface area contributed by atoms with Crippen molar-refractivity contribution in [2.24, 2.45) is 5.92 Å². The van der Waals surface area contributed by atoms with Crippen molar-refractivity contribution in [1.82, 2.24) is 4.98 Å². The smallest absolute Gasteiger partial charge is 0.306 e. The summed E-state index contributed by atoms with van der Waals surface area (Å²) >= 11 is 1.71. The molecule has 1 aliphatic rings. The van der Waals surface area contributed by atoms with Crippen molar-refractivity contribution in [2.75, 3.05) is 18.0 Å². The standard InChI is InChI=1S/C15H18N2O2S/c1-2-10-3-4-12-13(9-10)20-15(16-12)17-7-5-11(6-8-17)14(18)19/h3-4,9,11H,2,5-8H2,1H3,(H,18,19). The Balaban J connectivity index is 1.79. The van der Waals surface area contributed by atoms with E-state index in [1.54, 1.807) is 11.3 Å². The van der Waals surface area contributed by atoms with E-state index in [1.807, 2.05) is 0 Å². The number of rotatable bonds is 3. The Morgan fingerprint density at radius 3 is 2.85 bits per heavy atom. The number of carbonyl (C=O) groups is 1. The number of anilines is 1. The molecule has 0 amide bonds. The first kappa shape index (κ1) is 13.4. The zero-order valence-corrected chi connectivity index (χ0v) is 12.3. The molecule has 2 heterocycles. The fourth-order valence-electron chi connectivity index (χ4n) is 2.63. The molecule has 0 bridgehead atoms. The monoisotopic (exact) mass is 290 g/mol. The summed E-state index contributed by atoms with van der Waals surface area (Å²) in [6.07, 6.45) is 2.46. The van der Waals surface area contributed by atoms with E-state index in [4.69, 9.17) is 5.11 Å². The maximum absolute atomic E-state index is 11.0. The van der Waals surface area contributed by atoms with Gasteiger partial charge in [0.15, 0.2) is 5.13 Å². The SMILES string of the molecule is CCc1ccc2nc(N3CCC(C(=O)O)CC3)sc2c1. The fraction of sp³-hybridized carbons (Fsp3) is 0.467. The molecular formula is C15H18N2O2S. The molecule has 3 rings (SSSR count). The summed E-state index contributed by atoms with van der Waals surface area (Å²) in [5.74, 6) is -0.853. The van der Waals surface area contributed by atoms with Gasteiger partial charge in [0, 0.05) is 13.1 Å². The molecule has 20 heavy (non-hydrogen) atoms. The van der Waals surface area contributed by atoms with Gasteiger partial charge in [-0.2, -0.15) is 0 Å². The molecule has 1 N–H and O–H groups in total. The van der Waals surface area contributed by atoms with Crippen LogP contribution >= 0.6 is 11.3 Å². The number of aromatic nitrogens is 1. The van der Waals surface area contributed by atoms with Crippen molar-refractivity contribution >= 4 is 32.7 Å². The fourth-order valence-corrected chi connectivity index (χ4v) is 3.71. The number of hydrogen-bond acceptors (Lipinski definition) is 4. The van der Waals surface area contributed by atoms with E-state index >= 15 is 0 Å². The van der Waals surface area contributed by atoms with E-state index in [-0.39, 0.29) is 5.92 Å². The van der Waals surface area contributed by atoms with Gasteiger partial charge < -0.3 is 10.0 Å². The van der Waals surface area contributed by atoms with Crippen LogP contribution in [0, 0.1) is 5.92 Å². The second-order valence-electron chi connectivity index (χ2n) is 5.25. The van der Waals surface area contributed by atoms with Gasteiger partial charge in [0.25, 0.3) is 0 Å². The number of carboxylic acid groups (broad SMARTS) is 1. The molecule has 0 aliphatic carbocycles.